The van der Waals surface area contributed by atoms with Crippen LogP contribution in [0.25, 0.3) is 0 Å². The molecule has 0 aromatic rings. The van der Waals surface area contributed by atoms with E-state index in [1.54, 1.807) is 0 Å². The van der Waals surface area contributed by atoms with Crippen LogP contribution in [-0.2, 0) is 136 Å². The molecule has 0 aliphatic carbocycles. The fraction of sp³-hybridized carbons (Fsp3) is 0. The van der Waals surface area contributed by atoms with Gasteiger partial charge in [-0.2, -0.15) is 0 Å². The molecule has 7 heteroatoms. The molecule has 2 radical (unpaired) electrons. The second kappa shape index (κ2) is 40.7. The van der Waals surface area contributed by atoms with E-state index >= 15 is 0 Å². The van der Waals surface area contributed by atoms with Crippen molar-refractivity contribution in [2.45, 2.75) is 0 Å². The van der Waals surface area contributed by atoms with Gasteiger partial charge in [0, 0.05) is 178 Å². The van der Waals surface area contributed by atoms with Crippen LogP contribution in [0.4, 0.5) is 0 Å². The SMILES string of the molecule is [Ce].[Cr].[Hf].[Nb].[Ta].[Ti].[Zr]. The molecule has 0 spiro atoms. The first-order valence-corrected chi connectivity index (χ1v) is 0. The normalized spacial score (nSPS) is 0. The number of hydrogen-bond donors (Lipinski definition) is 0. The minimum atomic E-state index is 0. The molecule has 0 aliphatic rings. The summed E-state index contributed by atoms with van der Waals surface area (Å²) in [5.74, 6) is 0. The van der Waals surface area contributed by atoms with Crippen molar-refractivity contribution in [2.24, 2.45) is 0 Å². The van der Waals surface area contributed by atoms with Gasteiger partial charge in [-0.15, -0.1) is 0 Å². The Bertz CT molecular complexity index is 19.7. The molecule has 0 amide bonds. The largest absolute Gasteiger partial charge is 0 e. The van der Waals surface area contributed by atoms with Crippen molar-refractivity contribution in [1.82, 2.24) is 0 Å². The van der Waals surface area contributed by atoms with E-state index in [1.165, 1.54) is 0 Å². The smallest absolute Gasteiger partial charge is 0 e. The van der Waals surface area contributed by atoms with Crippen LogP contribution in [-0.4, -0.2) is 0 Å². The van der Waals surface area contributed by atoms with Gasteiger partial charge in [-0.25, -0.2) is 0 Å². The molecule has 0 bridgehead atoms. The number of hydrogen-bond acceptors (Lipinski definition) is 0. The van der Waals surface area contributed by atoms with Crippen molar-refractivity contribution in [3.63, 3.8) is 0 Å². The van der Waals surface area contributed by atoms with Crippen molar-refractivity contribution in [3.8, 4) is 0 Å². The summed E-state index contributed by atoms with van der Waals surface area (Å²) in [7, 11) is 0. The molecule has 0 heterocycles. The Balaban J connectivity index is 0. The molecule has 0 saturated carbocycles. The van der Waals surface area contributed by atoms with E-state index in [-0.39, 0.29) is 178 Å². The van der Waals surface area contributed by atoms with Crippen molar-refractivity contribution in [1.29, 1.82) is 0 Å². The van der Waals surface area contributed by atoms with E-state index in [1.807, 2.05) is 0 Å². The third-order valence-electron chi connectivity index (χ3n) is 0. The first kappa shape index (κ1) is 52.7. The number of rotatable bonds is 0. The zero-order valence-corrected chi connectivity index (χ0v) is 20.7. The van der Waals surface area contributed by atoms with Crippen molar-refractivity contribution < 1.29 is 178 Å². The molecule has 0 aromatic carbocycles. The summed E-state index contributed by atoms with van der Waals surface area (Å²) >= 11 is 0. The quantitative estimate of drug-likeness (QED) is 0.304. The van der Waals surface area contributed by atoms with E-state index in [0.717, 1.165) is 0 Å². The summed E-state index contributed by atoms with van der Waals surface area (Å²) in [5.41, 5.74) is 0. The molecular formula is CeCrHfNbTaTiZr. The van der Waals surface area contributed by atoms with Gasteiger partial charge < -0.3 is 0 Å². The predicted octanol–water partition coefficient (Wildman–Crippen LogP) is -0.0150. The fourth-order valence-corrected chi connectivity index (χ4v) is 0. The second-order valence-electron chi connectivity index (χ2n) is 0. The average Bonchev–Trinajstić information content (AvgIpc) is 0. The maximum absolute atomic E-state index is 0. The van der Waals surface area contributed by atoms with Gasteiger partial charge in [-0.3, -0.25) is 0 Å². The Kier molecular flexibility index (Phi) is 307. The van der Waals surface area contributed by atoms with Crippen LogP contribution in [0.15, 0.2) is 0 Å². The minimum Gasteiger partial charge on any atom is 0 e. The molecule has 0 N–H and O–H groups in total. The minimum absolute atomic E-state index is 0. The molecule has 7 heavy (non-hydrogen) atoms. The zero-order valence-electron chi connectivity index (χ0n) is 3.30. The van der Waals surface area contributed by atoms with Crippen molar-refractivity contribution in [2.75, 3.05) is 0 Å². The molecule has 0 nitrogen and oxygen atoms in total. The Morgan fingerprint density at radius 2 is 1.00 bits per heavy atom. The fourth-order valence-electron chi connectivity index (χ4n) is 0. The van der Waals surface area contributed by atoms with Gasteiger partial charge in [0.15, 0.2) is 0 Å². The van der Waals surface area contributed by atoms with Gasteiger partial charge in [0.2, 0.25) is 0 Å². The Labute approximate surface area is 173 Å². The molecular weight excluding hydrogens is 784 g/mol. The summed E-state index contributed by atoms with van der Waals surface area (Å²) < 4.78 is 0. The Hall–Kier alpha value is 5.86. The van der Waals surface area contributed by atoms with E-state index in [9.17, 15) is 0 Å². The second-order valence-corrected chi connectivity index (χ2v) is 0. The third-order valence-corrected chi connectivity index (χ3v) is 0. The third kappa shape index (κ3) is 33.6. The van der Waals surface area contributed by atoms with Gasteiger partial charge >= 0.3 is 0 Å². The Morgan fingerprint density at radius 3 is 1.00 bits per heavy atom. The van der Waals surface area contributed by atoms with E-state index in [4.69, 9.17) is 0 Å². The Morgan fingerprint density at radius 1 is 1.00 bits per heavy atom. The standard InChI is InChI=1S/Ce.Cr.Hf.Nb.Ta.Ti.Zr. The zero-order chi connectivity index (χ0) is 0. The molecule has 0 aromatic heterocycles. The van der Waals surface area contributed by atoms with E-state index in [2.05, 4.69) is 0 Å². The van der Waals surface area contributed by atoms with Gasteiger partial charge in [0.1, 0.15) is 0 Å². The molecule has 0 fully saturated rings. The topological polar surface area (TPSA) is 0 Å². The average molecular weight is 784 g/mol. The van der Waals surface area contributed by atoms with Crippen LogP contribution in [0.1, 0.15) is 0 Å². The first-order chi connectivity index (χ1) is 0. The molecule has 0 saturated heterocycles. The van der Waals surface area contributed by atoms with Crippen LogP contribution in [0.3, 0.4) is 0 Å². The van der Waals surface area contributed by atoms with E-state index in [0.29, 0.717) is 0 Å². The van der Waals surface area contributed by atoms with Crippen LogP contribution in [0, 0.1) is 41.7 Å². The molecule has 32 valence electrons. The summed E-state index contributed by atoms with van der Waals surface area (Å²) in [4.78, 5) is 0. The molecule has 0 rings (SSSR count). The van der Waals surface area contributed by atoms with Gasteiger partial charge in [-0.1, -0.05) is 0 Å². The molecule has 0 unspecified atom stereocenters. The molecule has 0 aliphatic heterocycles. The van der Waals surface area contributed by atoms with Gasteiger partial charge in [0.25, 0.3) is 0 Å². The van der Waals surface area contributed by atoms with E-state index < -0.39 is 0 Å². The van der Waals surface area contributed by atoms with Crippen LogP contribution < -0.4 is 0 Å². The summed E-state index contributed by atoms with van der Waals surface area (Å²) in [5, 5.41) is 0. The maximum Gasteiger partial charge on any atom is 0 e. The summed E-state index contributed by atoms with van der Waals surface area (Å²) in [6, 6.07) is 0. The van der Waals surface area contributed by atoms with Gasteiger partial charge in [-0.05, 0) is 0 Å². The molecule has 0 atom stereocenters. The van der Waals surface area contributed by atoms with Crippen LogP contribution in [0.2, 0.25) is 0 Å². The van der Waals surface area contributed by atoms with Crippen LogP contribution in [0.5, 0.6) is 0 Å². The van der Waals surface area contributed by atoms with Gasteiger partial charge in [0.05, 0.1) is 0 Å². The summed E-state index contributed by atoms with van der Waals surface area (Å²) in [6.45, 7) is 0. The first-order valence-electron chi connectivity index (χ1n) is 0. The van der Waals surface area contributed by atoms with Crippen molar-refractivity contribution >= 4 is 0 Å². The van der Waals surface area contributed by atoms with Crippen molar-refractivity contribution in [3.05, 3.63) is 0 Å². The maximum atomic E-state index is 0. The summed E-state index contributed by atoms with van der Waals surface area (Å²) in [6.07, 6.45) is 0. The monoisotopic (exact) mass is 783 g/mol. The van der Waals surface area contributed by atoms with Crippen LogP contribution >= 0.6 is 0 Å². The predicted molar refractivity (Wildman–Crippen MR) is 0 cm³/mol.